The fourth-order valence-electron chi connectivity index (χ4n) is 4.50. The van der Waals surface area contributed by atoms with E-state index in [1.165, 1.54) is 5.56 Å². The van der Waals surface area contributed by atoms with E-state index in [4.69, 9.17) is 14.5 Å². The zero-order valence-corrected chi connectivity index (χ0v) is 22.6. The van der Waals surface area contributed by atoms with Gasteiger partial charge in [0.15, 0.2) is 0 Å². The van der Waals surface area contributed by atoms with Crippen molar-refractivity contribution in [2.24, 2.45) is 4.99 Å². The molecule has 7 heteroatoms. The number of hydrogen-bond donors (Lipinski definition) is 2. The molecule has 1 aliphatic rings. The number of nitrogens with one attached hydrogen (secondary N) is 2. The minimum absolute atomic E-state index is 0.126. The number of fused-ring (bicyclic) bond motifs is 1. The zero-order valence-electron chi connectivity index (χ0n) is 22.6. The second-order valence-corrected chi connectivity index (χ2v) is 9.76. The van der Waals surface area contributed by atoms with Crippen molar-refractivity contribution in [1.82, 2.24) is 9.88 Å². The molecule has 1 aliphatic heterocycles. The molecular formula is C30H39N5O2. The Labute approximate surface area is 220 Å². The summed E-state index contributed by atoms with van der Waals surface area (Å²) in [4.78, 5) is 12.1. The highest BCUT2D eigenvalue weighted by molar-refractivity contribution is 6.13. The van der Waals surface area contributed by atoms with Gasteiger partial charge < -0.3 is 20.1 Å². The number of rotatable bonds is 11. The average Bonchev–Trinajstić information content (AvgIpc) is 2.90. The number of hydrogen-bond acceptors (Lipinski definition) is 7. The Morgan fingerprint density at radius 2 is 1.73 bits per heavy atom. The quantitative estimate of drug-likeness (QED) is 0.367. The van der Waals surface area contributed by atoms with E-state index in [9.17, 15) is 0 Å². The van der Waals surface area contributed by atoms with Crippen molar-refractivity contribution in [2.75, 3.05) is 57.7 Å². The summed E-state index contributed by atoms with van der Waals surface area (Å²) in [6.45, 7) is 10.2. The molecule has 4 rings (SSSR count). The largest absolute Gasteiger partial charge is 0.383 e. The second-order valence-electron chi connectivity index (χ2n) is 9.76. The van der Waals surface area contributed by atoms with Crippen LogP contribution in [0.25, 0.3) is 11.3 Å². The second kappa shape index (κ2) is 12.8. The SMILES string of the molecule is COCCN(CCOC)CC1N=C(Nc2ccc(C(C)C)cc2)c2ccc(-c3ncccc3C)cc2N1. The third kappa shape index (κ3) is 6.95. The lowest BCUT2D eigenvalue weighted by Gasteiger charge is -2.31. The van der Waals surface area contributed by atoms with Crippen LogP contribution in [0.3, 0.4) is 0 Å². The number of aliphatic imine (C=N–C) groups is 1. The highest BCUT2D eigenvalue weighted by Gasteiger charge is 2.23. The van der Waals surface area contributed by atoms with Gasteiger partial charge >= 0.3 is 0 Å². The van der Waals surface area contributed by atoms with Gasteiger partial charge in [-0.1, -0.05) is 38.1 Å². The minimum Gasteiger partial charge on any atom is -0.383 e. The van der Waals surface area contributed by atoms with E-state index in [-0.39, 0.29) is 6.17 Å². The number of anilines is 2. The van der Waals surface area contributed by atoms with Gasteiger partial charge in [-0.05, 0) is 54.3 Å². The first-order valence-electron chi connectivity index (χ1n) is 13.0. The highest BCUT2D eigenvalue weighted by Crippen LogP contribution is 2.30. The first-order valence-corrected chi connectivity index (χ1v) is 13.0. The Hall–Kier alpha value is -3.26. The monoisotopic (exact) mass is 501 g/mol. The normalized spacial score (nSPS) is 14.9. The molecule has 0 spiro atoms. The standard InChI is InChI=1S/C30H39N5O2/c1-21(2)23-8-11-25(12-9-23)32-30-26-13-10-24(29-22(3)7-6-14-31-29)19-27(26)33-28(34-30)20-35(15-17-36-4)16-18-37-5/h6-14,19,21,28,33H,15-18,20H2,1-5H3,(H,32,34). The van der Waals surface area contributed by atoms with E-state index < -0.39 is 0 Å². The number of aryl methyl sites for hydroxylation is 1. The number of amidine groups is 1. The lowest BCUT2D eigenvalue weighted by atomic mass is 10.0. The van der Waals surface area contributed by atoms with Crippen molar-refractivity contribution >= 4 is 17.2 Å². The topological polar surface area (TPSA) is 71.0 Å². The van der Waals surface area contributed by atoms with Crippen LogP contribution in [0, 0.1) is 6.92 Å². The Balaban J connectivity index is 1.65. The molecule has 0 saturated heterocycles. The van der Waals surface area contributed by atoms with E-state index >= 15 is 0 Å². The predicted molar refractivity (Wildman–Crippen MR) is 153 cm³/mol. The molecule has 2 aromatic carbocycles. The highest BCUT2D eigenvalue weighted by atomic mass is 16.5. The van der Waals surface area contributed by atoms with Crippen LogP contribution < -0.4 is 10.6 Å². The van der Waals surface area contributed by atoms with E-state index in [1.54, 1.807) is 14.2 Å². The van der Waals surface area contributed by atoms with Gasteiger partial charge in [0.25, 0.3) is 0 Å². The molecule has 0 radical (unpaired) electrons. The fourth-order valence-corrected chi connectivity index (χ4v) is 4.50. The van der Waals surface area contributed by atoms with Crippen LogP contribution in [-0.4, -0.2) is 69.0 Å². The van der Waals surface area contributed by atoms with Crippen LogP contribution in [0.15, 0.2) is 65.8 Å². The van der Waals surface area contributed by atoms with E-state index in [0.717, 1.165) is 59.2 Å². The summed E-state index contributed by atoms with van der Waals surface area (Å²) in [6.07, 6.45) is 1.72. The number of nitrogens with zero attached hydrogens (tertiary/aromatic N) is 3. The van der Waals surface area contributed by atoms with Crippen LogP contribution in [0.4, 0.5) is 11.4 Å². The van der Waals surface area contributed by atoms with Crippen molar-refractivity contribution in [1.29, 1.82) is 0 Å². The van der Waals surface area contributed by atoms with Gasteiger partial charge in [-0.15, -0.1) is 0 Å². The van der Waals surface area contributed by atoms with Gasteiger partial charge in [-0.25, -0.2) is 4.99 Å². The molecule has 2 N–H and O–H groups in total. The van der Waals surface area contributed by atoms with E-state index in [0.29, 0.717) is 19.1 Å². The van der Waals surface area contributed by atoms with Crippen LogP contribution in [0.2, 0.25) is 0 Å². The van der Waals surface area contributed by atoms with E-state index in [2.05, 4.69) is 89.8 Å². The summed E-state index contributed by atoms with van der Waals surface area (Å²) in [7, 11) is 3.46. The van der Waals surface area contributed by atoms with Gasteiger partial charge in [0.2, 0.25) is 0 Å². The molecule has 37 heavy (non-hydrogen) atoms. The predicted octanol–water partition coefficient (Wildman–Crippen LogP) is 5.39. The van der Waals surface area contributed by atoms with Gasteiger partial charge in [0.05, 0.1) is 18.9 Å². The first-order chi connectivity index (χ1) is 18.0. The maximum atomic E-state index is 5.34. The van der Waals surface area contributed by atoms with Gasteiger partial charge in [-0.3, -0.25) is 9.88 Å². The maximum Gasteiger partial charge on any atom is 0.137 e. The Bertz CT molecular complexity index is 1180. The summed E-state index contributed by atoms with van der Waals surface area (Å²) in [5, 5.41) is 7.26. The molecule has 196 valence electrons. The van der Waals surface area contributed by atoms with Crippen LogP contribution >= 0.6 is 0 Å². The Kier molecular flexibility index (Phi) is 9.28. The summed E-state index contributed by atoms with van der Waals surface area (Å²) < 4.78 is 10.7. The Morgan fingerprint density at radius 3 is 2.38 bits per heavy atom. The molecule has 0 saturated carbocycles. The number of ether oxygens (including phenoxy) is 2. The molecular weight excluding hydrogens is 462 g/mol. The van der Waals surface area contributed by atoms with Gasteiger partial charge in [-0.2, -0.15) is 0 Å². The molecule has 1 aromatic heterocycles. The van der Waals surface area contributed by atoms with Crippen molar-refractivity contribution < 1.29 is 9.47 Å². The molecule has 3 aromatic rings. The van der Waals surface area contributed by atoms with Crippen molar-refractivity contribution in [3.05, 3.63) is 77.5 Å². The number of methoxy groups -OCH3 is 2. The number of aromatic nitrogens is 1. The van der Waals surface area contributed by atoms with E-state index in [1.807, 2.05) is 12.3 Å². The molecule has 1 unspecified atom stereocenters. The fraction of sp³-hybridized carbons (Fsp3) is 0.400. The van der Waals surface area contributed by atoms with Crippen LogP contribution in [0.5, 0.6) is 0 Å². The number of benzene rings is 2. The van der Waals surface area contributed by atoms with Crippen LogP contribution in [-0.2, 0) is 9.47 Å². The summed E-state index contributed by atoms with van der Waals surface area (Å²) in [6, 6.07) is 19.1. The molecule has 1 atom stereocenters. The lowest BCUT2D eigenvalue weighted by Crippen LogP contribution is -2.42. The molecule has 2 heterocycles. The average molecular weight is 502 g/mol. The summed E-state index contributed by atoms with van der Waals surface area (Å²) in [5.41, 5.74) is 7.66. The number of pyridine rings is 1. The third-order valence-corrected chi connectivity index (χ3v) is 6.66. The van der Waals surface area contributed by atoms with Gasteiger partial charge in [0.1, 0.15) is 12.0 Å². The van der Waals surface area contributed by atoms with Gasteiger partial charge in [0, 0.05) is 62.6 Å². The molecule has 7 nitrogen and oxygen atoms in total. The molecule has 0 aliphatic carbocycles. The molecule has 0 amide bonds. The molecule has 0 bridgehead atoms. The summed E-state index contributed by atoms with van der Waals surface area (Å²) in [5.74, 6) is 1.35. The zero-order chi connectivity index (χ0) is 26.2. The molecule has 0 fully saturated rings. The Morgan fingerprint density at radius 1 is 1.00 bits per heavy atom. The maximum absolute atomic E-state index is 5.34. The minimum atomic E-state index is -0.126. The van der Waals surface area contributed by atoms with Crippen molar-refractivity contribution in [3.8, 4) is 11.3 Å². The van der Waals surface area contributed by atoms with Crippen LogP contribution in [0.1, 0.15) is 36.5 Å². The third-order valence-electron chi connectivity index (χ3n) is 6.66. The van der Waals surface area contributed by atoms with Crippen molar-refractivity contribution in [2.45, 2.75) is 32.9 Å². The first kappa shape index (κ1) is 26.8. The summed E-state index contributed by atoms with van der Waals surface area (Å²) >= 11 is 0. The lowest BCUT2D eigenvalue weighted by molar-refractivity contribution is 0.112. The smallest absolute Gasteiger partial charge is 0.137 e. The van der Waals surface area contributed by atoms with Crippen molar-refractivity contribution in [3.63, 3.8) is 0 Å².